The van der Waals surface area contributed by atoms with Gasteiger partial charge in [0.1, 0.15) is 5.54 Å². The van der Waals surface area contributed by atoms with Gasteiger partial charge < -0.3 is 5.32 Å². The molecule has 0 bridgehead atoms. The highest BCUT2D eigenvalue weighted by Gasteiger charge is 2.26. The molecule has 1 aromatic heterocycles. The Balaban J connectivity index is 2.34. The van der Waals surface area contributed by atoms with Crippen LogP contribution in [0.15, 0.2) is 47.2 Å². The Morgan fingerprint density at radius 1 is 1.32 bits per heavy atom. The molecule has 19 heavy (non-hydrogen) atoms. The lowest BCUT2D eigenvalue weighted by Crippen LogP contribution is -2.29. The summed E-state index contributed by atoms with van der Waals surface area (Å²) in [5, 5.41) is 13.3. The van der Waals surface area contributed by atoms with Gasteiger partial charge in [-0.1, -0.05) is 11.6 Å². The number of nitriles is 1. The molecule has 1 N–H and O–H groups in total. The highest BCUT2D eigenvalue weighted by atomic mass is 79.9. The lowest BCUT2D eigenvalue weighted by molar-refractivity contribution is 0.705. The van der Waals surface area contributed by atoms with Crippen LogP contribution in [0, 0.1) is 11.3 Å². The van der Waals surface area contributed by atoms with Crippen LogP contribution in [0.1, 0.15) is 12.5 Å². The number of aromatic nitrogens is 1. The van der Waals surface area contributed by atoms with E-state index in [1.807, 2.05) is 31.2 Å². The number of halogens is 2. The highest BCUT2D eigenvalue weighted by molar-refractivity contribution is 9.10. The molecular weight excluding hydrogens is 326 g/mol. The summed E-state index contributed by atoms with van der Waals surface area (Å²) in [4.78, 5) is 3.96. The minimum atomic E-state index is -0.823. The summed E-state index contributed by atoms with van der Waals surface area (Å²) >= 11 is 9.32. The number of nitrogens with zero attached hydrogens (tertiary/aromatic N) is 2. The zero-order chi connectivity index (χ0) is 13.9. The lowest BCUT2D eigenvalue weighted by atomic mass is 9.94. The molecule has 3 nitrogen and oxygen atoms in total. The summed E-state index contributed by atoms with van der Waals surface area (Å²) in [5.41, 5.74) is 0.851. The third-order valence-electron chi connectivity index (χ3n) is 2.80. The van der Waals surface area contributed by atoms with Crippen LogP contribution in [0.2, 0.25) is 5.02 Å². The van der Waals surface area contributed by atoms with Gasteiger partial charge in [-0.3, -0.25) is 4.98 Å². The Bertz CT molecular complexity index is 624. The normalized spacial score (nSPS) is 13.4. The second kappa shape index (κ2) is 5.60. The molecule has 0 aliphatic carbocycles. The second-order valence-corrected chi connectivity index (χ2v) is 5.49. The highest BCUT2D eigenvalue weighted by Crippen LogP contribution is 2.30. The first-order chi connectivity index (χ1) is 9.05. The third-order valence-corrected chi connectivity index (χ3v) is 4.01. The van der Waals surface area contributed by atoms with Gasteiger partial charge in [0.25, 0.3) is 0 Å². The van der Waals surface area contributed by atoms with Crippen molar-refractivity contribution in [2.75, 3.05) is 5.32 Å². The topological polar surface area (TPSA) is 48.7 Å². The van der Waals surface area contributed by atoms with Crippen molar-refractivity contribution in [2.45, 2.75) is 12.5 Å². The van der Waals surface area contributed by atoms with Crippen LogP contribution in [-0.4, -0.2) is 4.98 Å². The van der Waals surface area contributed by atoms with Gasteiger partial charge in [-0.15, -0.1) is 0 Å². The first kappa shape index (κ1) is 13.9. The Hall–Kier alpha value is -1.57. The number of rotatable bonds is 3. The van der Waals surface area contributed by atoms with E-state index in [9.17, 15) is 5.26 Å². The molecule has 0 saturated carbocycles. The van der Waals surface area contributed by atoms with Gasteiger partial charge >= 0.3 is 0 Å². The molecule has 0 aliphatic rings. The Labute approximate surface area is 125 Å². The quantitative estimate of drug-likeness (QED) is 0.906. The Kier molecular flexibility index (Phi) is 4.08. The summed E-state index contributed by atoms with van der Waals surface area (Å²) in [5.74, 6) is 0. The van der Waals surface area contributed by atoms with Crippen LogP contribution in [0.5, 0.6) is 0 Å². The predicted molar refractivity (Wildman–Crippen MR) is 80.0 cm³/mol. The monoisotopic (exact) mass is 335 g/mol. The molecule has 1 aromatic carbocycles. The number of pyridine rings is 1. The molecule has 0 radical (unpaired) electrons. The van der Waals surface area contributed by atoms with E-state index in [0.29, 0.717) is 5.02 Å². The van der Waals surface area contributed by atoms with E-state index in [1.165, 1.54) is 0 Å². The minimum absolute atomic E-state index is 0.633. The molecule has 0 amide bonds. The first-order valence-corrected chi connectivity index (χ1v) is 6.77. The van der Waals surface area contributed by atoms with E-state index in [2.05, 4.69) is 32.3 Å². The molecule has 1 heterocycles. The van der Waals surface area contributed by atoms with E-state index in [-0.39, 0.29) is 0 Å². The maximum absolute atomic E-state index is 9.45. The van der Waals surface area contributed by atoms with E-state index < -0.39 is 5.54 Å². The largest absolute Gasteiger partial charge is 0.364 e. The van der Waals surface area contributed by atoms with Crippen molar-refractivity contribution in [3.8, 4) is 6.07 Å². The summed E-state index contributed by atoms with van der Waals surface area (Å²) in [6.07, 6.45) is 3.34. The second-order valence-electron chi connectivity index (χ2n) is 4.23. The fraction of sp³-hybridized carbons (Fsp3) is 0.143. The molecule has 0 aliphatic heterocycles. The van der Waals surface area contributed by atoms with Crippen molar-refractivity contribution in [1.82, 2.24) is 4.98 Å². The van der Waals surface area contributed by atoms with Crippen molar-refractivity contribution in [3.05, 3.63) is 57.8 Å². The van der Waals surface area contributed by atoms with Crippen molar-refractivity contribution >= 4 is 33.2 Å². The smallest absolute Gasteiger partial charge is 0.148 e. The van der Waals surface area contributed by atoms with Crippen molar-refractivity contribution < 1.29 is 0 Å². The van der Waals surface area contributed by atoms with Crippen LogP contribution in [0.4, 0.5) is 5.69 Å². The standard InChI is InChI=1S/C14H11BrClN3/c1-14(9-17,10-4-6-18-7-5-10)19-11-2-3-13(16)12(15)8-11/h2-8,19H,1H3. The minimum Gasteiger partial charge on any atom is -0.364 e. The van der Waals surface area contributed by atoms with Crippen LogP contribution >= 0.6 is 27.5 Å². The summed E-state index contributed by atoms with van der Waals surface area (Å²) < 4.78 is 0.786. The van der Waals surface area contributed by atoms with Gasteiger partial charge in [-0.2, -0.15) is 5.26 Å². The fourth-order valence-electron chi connectivity index (χ4n) is 1.71. The molecule has 96 valence electrons. The average Bonchev–Trinajstić information content (AvgIpc) is 2.44. The van der Waals surface area contributed by atoms with E-state index in [4.69, 9.17) is 11.6 Å². The molecule has 1 unspecified atom stereocenters. The van der Waals surface area contributed by atoms with Gasteiger partial charge in [-0.25, -0.2) is 0 Å². The number of hydrogen-bond acceptors (Lipinski definition) is 3. The molecule has 2 aromatic rings. The Morgan fingerprint density at radius 2 is 2.00 bits per heavy atom. The average molecular weight is 337 g/mol. The molecule has 0 saturated heterocycles. The third kappa shape index (κ3) is 3.06. The summed E-state index contributed by atoms with van der Waals surface area (Å²) in [6.45, 7) is 1.82. The van der Waals surface area contributed by atoms with Crippen LogP contribution in [-0.2, 0) is 5.54 Å². The van der Waals surface area contributed by atoms with Crippen molar-refractivity contribution in [2.24, 2.45) is 0 Å². The van der Waals surface area contributed by atoms with Gasteiger partial charge in [-0.05, 0) is 58.7 Å². The predicted octanol–water partition coefficient (Wildman–Crippen LogP) is 4.35. The van der Waals surface area contributed by atoms with Gasteiger partial charge in [0.2, 0.25) is 0 Å². The zero-order valence-corrected chi connectivity index (χ0v) is 12.5. The van der Waals surface area contributed by atoms with E-state index in [1.54, 1.807) is 18.5 Å². The summed E-state index contributed by atoms with van der Waals surface area (Å²) in [6, 6.07) is 11.4. The molecular formula is C14H11BrClN3. The maximum Gasteiger partial charge on any atom is 0.148 e. The van der Waals surface area contributed by atoms with Gasteiger partial charge in [0.15, 0.2) is 0 Å². The molecule has 5 heteroatoms. The lowest BCUT2D eigenvalue weighted by Gasteiger charge is -2.25. The number of hydrogen-bond donors (Lipinski definition) is 1. The maximum atomic E-state index is 9.45. The SMILES string of the molecule is CC(C#N)(Nc1ccc(Cl)c(Br)c1)c1ccncc1. The fourth-order valence-corrected chi connectivity index (χ4v) is 2.21. The van der Waals surface area contributed by atoms with Gasteiger partial charge in [0.05, 0.1) is 11.1 Å². The van der Waals surface area contributed by atoms with Crippen LogP contribution in [0.3, 0.4) is 0 Å². The molecule has 0 spiro atoms. The number of nitrogens with one attached hydrogen (secondary N) is 1. The van der Waals surface area contributed by atoms with E-state index >= 15 is 0 Å². The molecule has 2 rings (SSSR count). The first-order valence-electron chi connectivity index (χ1n) is 5.60. The number of anilines is 1. The summed E-state index contributed by atoms with van der Waals surface area (Å²) in [7, 11) is 0. The zero-order valence-electron chi connectivity index (χ0n) is 10.2. The van der Waals surface area contributed by atoms with Crippen molar-refractivity contribution in [3.63, 3.8) is 0 Å². The van der Waals surface area contributed by atoms with E-state index in [0.717, 1.165) is 15.7 Å². The molecule has 0 fully saturated rings. The Morgan fingerprint density at radius 3 is 2.58 bits per heavy atom. The van der Waals surface area contributed by atoms with Crippen molar-refractivity contribution in [1.29, 1.82) is 5.26 Å². The van der Waals surface area contributed by atoms with Crippen LogP contribution < -0.4 is 5.32 Å². The van der Waals surface area contributed by atoms with Crippen LogP contribution in [0.25, 0.3) is 0 Å². The van der Waals surface area contributed by atoms with Gasteiger partial charge in [0, 0.05) is 22.6 Å². The molecule has 1 atom stereocenters. The number of benzene rings is 1.